The molecule has 0 saturated heterocycles. The van der Waals surface area contributed by atoms with Gasteiger partial charge in [-0.2, -0.15) is 5.26 Å². The van der Waals surface area contributed by atoms with Crippen molar-refractivity contribution in [3.8, 4) is 6.07 Å². The SMILES string of the molecule is N#CCN(CCC(=O)O)C(=O)OCc1ccccc1. The third kappa shape index (κ3) is 5.55. The Morgan fingerprint density at radius 3 is 2.58 bits per heavy atom. The standard InChI is InChI=1S/C13H14N2O4/c14-7-9-15(8-6-12(16)17)13(18)19-10-11-4-2-1-3-5-11/h1-5H,6,8-10H2,(H,16,17). The van der Waals surface area contributed by atoms with Crippen molar-refractivity contribution < 1.29 is 19.4 Å². The molecule has 0 heterocycles. The number of carboxylic acid groups (broad SMARTS) is 1. The summed E-state index contributed by atoms with van der Waals surface area (Å²) in [6.45, 7) is -0.147. The number of hydrogen-bond donors (Lipinski definition) is 1. The van der Waals surface area contributed by atoms with Crippen LogP contribution < -0.4 is 0 Å². The van der Waals surface area contributed by atoms with E-state index in [1.807, 2.05) is 18.2 Å². The Balaban J connectivity index is 2.48. The third-order valence-electron chi connectivity index (χ3n) is 2.32. The number of benzene rings is 1. The molecule has 0 spiro atoms. The average Bonchev–Trinajstić information content (AvgIpc) is 2.41. The molecule has 0 bridgehead atoms. The van der Waals surface area contributed by atoms with Crippen LogP contribution in [0.1, 0.15) is 12.0 Å². The van der Waals surface area contributed by atoms with Gasteiger partial charge in [-0.15, -0.1) is 0 Å². The first kappa shape index (κ1) is 14.5. The van der Waals surface area contributed by atoms with E-state index in [4.69, 9.17) is 15.1 Å². The highest BCUT2D eigenvalue weighted by Crippen LogP contribution is 2.03. The van der Waals surface area contributed by atoms with Crippen LogP contribution in [0.4, 0.5) is 4.79 Å². The minimum absolute atomic E-state index is 0.0451. The van der Waals surface area contributed by atoms with Gasteiger partial charge in [0, 0.05) is 6.54 Å². The van der Waals surface area contributed by atoms with Gasteiger partial charge in [-0.3, -0.25) is 9.69 Å². The van der Waals surface area contributed by atoms with Gasteiger partial charge < -0.3 is 9.84 Å². The van der Waals surface area contributed by atoms with Crippen LogP contribution in [0.3, 0.4) is 0 Å². The van der Waals surface area contributed by atoms with Gasteiger partial charge in [0.05, 0.1) is 12.5 Å². The number of carboxylic acids is 1. The first-order valence-corrected chi connectivity index (χ1v) is 5.68. The first-order valence-electron chi connectivity index (χ1n) is 5.68. The highest BCUT2D eigenvalue weighted by atomic mass is 16.6. The van der Waals surface area contributed by atoms with Gasteiger partial charge in [0.1, 0.15) is 13.2 Å². The Hall–Kier alpha value is -2.55. The molecule has 1 aromatic carbocycles. The zero-order chi connectivity index (χ0) is 14.1. The van der Waals surface area contributed by atoms with Crippen molar-refractivity contribution in [3.63, 3.8) is 0 Å². The number of carbonyl (C=O) groups excluding carboxylic acids is 1. The number of hydrogen-bond acceptors (Lipinski definition) is 4. The fourth-order valence-corrected chi connectivity index (χ4v) is 1.36. The van der Waals surface area contributed by atoms with E-state index in [-0.39, 0.29) is 26.1 Å². The molecule has 0 saturated carbocycles. The number of nitriles is 1. The molecule has 19 heavy (non-hydrogen) atoms. The molecule has 1 amide bonds. The maximum absolute atomic E-state index is 11.7. The summed E-state index contributed by atoms with van der Waals surface area (Å²) in [6.07, 6.45) is -0.908. The lowest BCUT2D eigenvalue weighted by atomic mass is 10.2. The zero-order valence-corrected chi connectivity index (χ0v) is 10.3. The second kappa shape index (κ2) is 7.71. The number of ether oxygens (including phenoxy) is 1. The van der Waals surface area contributed by atoms with Gasteiger partial charge >= 0.3 is 12.1 Å². The van der Waals surface area contributed by atoms with Crippen LogP contribution >= 0.6 is 0 Å². The van der Waals surface area contributed by atoms with Crippen LogP contribution in [0.15, 0.2) is 30.3 Å². The van der Waals surface area contributed by atoms with Gasteiger partial charge in [0.2, 0.25) is 0 Å². The van der Waals surface area contributed by atoms with Crippen molar-refractivity contribution in [1.29, 1.82) is 5.26 Å². The Kier molecular flexibility index (Phi) is 5.89. The van der Waals surface area contributed by atoms with Crippen LogP contribution in [-0.2, 0) is 16.1 Å². The smallest absolute Gasteiger partial charge is 0.410 e. The molecule has 0 fully saturated rings. The zero-order valence-electron chi connectivity index (χ0n) is 10.3. The lowest BCUT2D eigenvalue weighted by molar-refractivity contribution is -0.137. The van der Waals surface area contributed by atoms with E-state index in [0.29, 0.717) is 0 Å². The minimum Gasteiger partial charge on any atom is -0.481 e. The summed E-state index contributed by atoms with van der Waals surface area (Å²) in [5, 5.41) is 17.1. The quantitative estimate of drug-likeness (QED) is 0.787. The Morgan fingerprint density at radius 1 is 1.32 bits per heavy atom. The molecule has 0 aromatic heterocycles. The van der Waals surface area contributed by atoms with Crippen molar-refractivity contribution in [3.05, 3.63) is 35.9 Å². The van der Waals surface area contributed by atoms with Gasteiger partial charge in [0.25, 0.3) is 0 Å². The summed E-state index contributed by atoms with van der Waals surface area (Å²) >= 11 is 0. The van der Waals surface area contributed by atoms with Crippen LogP contribution in [0.5, 0.6) is 0 Å². The average molecular weight is 262 g/mol. The molecule has 0 aliphatic carbocycles. The summed E-state index contributed by atoms with van der Waals surface area (Å²) in [4.78, 5) is 23.2. The molecule has 1 N–H and O–H groups in total. The van der Waals surface area contributed by atoms with Gasteiger partial charge in [-0.1, -0.05) is 30.3 Å². The number of nitrogens with zero attached hydrogens (tertiary/aromatic N) is 2. The van der Waals surface area contributed by atoms with Gasteiger partial charge in [-0.05, 0) is 5.56 Å². The molecule has 0 atom stereocenters. The summed E-state index contributed by atoms with van der Waals surface area (Å²) < 4.78 is 5.02. The third-order valence-corrected chi connectivity index (χ3v) is 2.32. The molecule has 1 aromatic rings. The minimum atomic E-state index is -1.03. The highest BCUT2D eigenvalue weighted by molar-refractivity contribution is 5.70. The lowest BCUT2D eigenvalue weighted by Gasteiger charge is -2.18. The summed E-state index contributed by atoms with van der Waals surface area (Å²) in [5.41, 5.74) is 0.825. The normalized spacial score (nSPS) is 9.42. The predicted octanol–water partition coefficient (Wildman–Crippen LogP) is 1.62. The van der Waals surface area contributed by atoms with Crippen LogP contribution in [0.25, 0.3) is 0 Å². The Morgan fingerprint density at radius 2 is 2.00 bits per heavy atom. The van der Waals surface area contributed by atoms with E-state index in [0.717, 1.165) is 10.5 Å². The molecule has 0 aliphatic rings. The molecular weight excluding hydrogens is 248 g/mol. The van der Waals surface area contributed by atoms with Crippen molar-refractivity contribution in [2.24, 2.45) is 0 Å². The molecule has 0 radical (unpaired) electrons. The van der Waals surface area contributed by atoms with Gasteiger partial charge in [0.15, 0.2) is 0 Å². The second-order valence-electron chi connectivity index (χ2n) is 3.76. The van der Waals surface area contributed by atoms with E-state index < -0.39 is 12.1 Å². The van der Waals surface area contributed by atoms with E-state index in [1.54, 1.807) is 18.2 Å². The van der Waals surface area contributed by atoms with Crippen LogP contribution in [0, 0.1) is 11.3 Å². The summed E-state index contributed by atoms with van der Waals surface area (Å²) in [6, 6.07) is 10.9. The molecule has 0 aliphatic heterocycles. The first-order chi connectivity index (χ1) is 9.13. The Labute approximate surface area is 110 Å². The van der Waals surface area contributed by atoms with Crippen molar-refractivity contribution in [2.45, 2.75) is 13.0 Å². The fraction of sp³-hybridized carbons (Fsp3) is 0.308. The summed E-state index contributed by atoms with van der Waals surface area (Å²) in [5.74, 6) is -1.03. The van der Waals surface area contributed by atoms with E-state index in [9.17, 15) is 9.59 Å². The van der Waals surface area contributed by atoms with E-state index in [2.05, 4.69) is 0 Å². The maximum Gasteiger partial charge on any atom is 0.410 e. The molecule has 100 valence electrons. The molecule has 1 rings (SSSR count). The van der Waals surface area contributed by atoms with E-state index in [1.165, 1.54) is 0 Å². The molecule has 0 unspecified atom stereocenters. The predicted molar refractivity (Wildman–Crippen MR) is 66.1 cm³/mol. The van der Waals surface area contributed by atoms with Crippen LogP contribution in [0.2, 0.25) is 0 Å². The topological polar surface area (TPSA) is 90.6 Å². The van der Waals surface area contributed by atoms with E-state index >= 15 is 0 Å². The number of amides is 1. The largest absolute Gasteiger partial charge is 0.481 e. The summed E-state index contributed by atoms with van der Waals surface area (Å²) in [7, 11) is 0. The highest BCUT2D eigenvalue weighted by Gasteiger charge is 2.15. The maximum atomic E-state index is 11.7. The Bertz CT molecular complexity index is 467. The monoisotopic (exact) mass is 262 g/mol. The molecule has 6 heteroatoms. The van der Waals surface area contributed by atoms with Crippen LogP contribution in [-0.4, -0.2) is 35.2 Å². The molecular formula is C13H14N2O4. The van der Waals surface area contributed by atoms with Crippen molar-refractivity contribution >= 4 is 12.1 Å². The fourth-order valence-electron chi connectivity index (χ4n) is 1.36. The number of rotatable bonds is 6. The van der Waals surface area contributed by atoms with Crippen molar-refractivity contribution in [1.82, 2.24) is 4.90 Å². The second-order valence-corrected chi connectivity index (χ2v) is 3.76. The number of carbonyl (C=O) groups is 2. The lowest BCUT2D eigenvalue weighted by Crippen LogP contribution is -2.33. The number of aliphatic carboxylic acids is 1. The van der Waals surface area contributed by atoms with Gasteiger partial charge in [-0.25, -0.2) is 4.79 Å². The molecule has 6 nitrogen and oxygen atoms in total. The van der Waals surface area contributed by atoms with Crippen molar-refractivity contribution in [2.75, 3.05) is 13.1 Å².